The van der Waals surface area contributed by atoms with Crippen LogP contribution in [0, 0.1) is 24.2 Å². The van der Waals surface area contributed by atoms with E-state index in [-0.39, 0.29) is 12.0 Å². The second-order valence-corrected chi connectivity index (χ2v) is 8.61. The zero-order chi connectivity index (χ0) is 20.9. The summed E-state index contributed by atoms with van der Waals surface area (Å²) in [5.41, 5.74) is 4.02. The van der Waals surface area contributed by atoms with Gasteiger partial charge in [-0.1, -0.05) is 11.6 Å². The highest BCUT2D eigenvalue weighted by Gasteiger charge is 2.39. The predicted octanol–water partition coefficient (Wildman–Crippen LogP) is 4.19. The number of fused-ring (bicyclic) bond motifs is 1. The zero-order valence-electron chi connectivity index (χ0n) is 16.9. The summed E-state index contributed by atoms with van der Waals surface area (Å²) in [6, 6.07) is 8.55. The first-order valence-electron chi connectivity index (χ1n) is 10.1. The van der Waals surface area contributed by atoms with Crippen molar-refractivity contribution in [1.29, 1.82) is 5.26 Å². The van der Waals surface area contributed by atoms with E-state index in [1.807, 2.05) is 6.07 Å². The minimum absolute atomic E-state index is 0.101. The molecule has 1 saturated heterocycles. The number of aryl methyl sites for hydroxylation is 1. The van der Waals surface area contributed by atoms with Gasteiger partial charge in [0.1, 0.15) is 5.60 Å². The third-order valence-electron chi connectivity index (χ3n) is 6.33. The first kappa shape index (κ1) is 19.4. The van der Waals surface area contributed by atoms with Gasteiger partial charge in [-0.3, -0.25) is 0 Å². The second kappa shape index (κ2) is 7.31. The van der Waals surface area contributed by atoms with Crippen molar-refractivity contribution in [2.24, 2.45) is 5.92 Å². The molecule has 4 heterocycles. The Hall–Kier alpha value is -2.53. The summed E-state index contributed by atoms with van der Waals surface area (Å²) in [6.45, 7) is 3.21. The molecular weight excluding hydrogens is 402 g/mol. The molecule has 154 valence electrons. The quantitative estimate of drug-likeness (QED) is 0.625. The Kier molecular flexibility index (Phi) is 4.73. The highest BCUT2D eigenvalue weighted by molar-refractivity contribution is 6.30. The van der Waals surface area contributed by atoms with Crippen LogP contribution in [0.5, 0.6) is 0 Å². The van der Waals surface area contributed by atoms with E-state index in [2.05, 4.69) is 46.1 Å². The average Bonchev–Trinajstić information content (AvgIpc) is 3.33. The molecule has 1 aliphatic carbocycles. The Morgan fingerprint density at radius 1 is 1.30 bits per heavy atom. The molecule has 2 fully saturated rings. The van der Waals surface area contributed by atoms with Crippen LogP contribution in [0.3, 0.4) is 0 Å². The van der Waals surface area contributed by atoms with Crippen LogP contribution in [0.4, 0.5) is 0 Å². The van der Waals surface area contributed by atoms with Gasteiger partial charge in [-0.25, -0.2) is 4.98 Å². The fourth-order valence-corrected chi connectivity index (χ4v) is 4.62. The van der Waals surface area contributed by atoms with Gasteiger partial charge in [-0.2, -0.15) is 5.26 Å². The second-order valence-electron chi connectivity index (χ2n) is 8.22. The Labute approximate surface area is 179 Å². The summed E-state index contributed by atoms with van der Waals surface area (Å²) < 4.78 is 13.6. The monoisotopic (exact) mass is 423 g/mol. The number of halogens is 1. The first-order valence-corrected chi connectivity index (χ1v) is 10.5. The lowest BCUT2D eigenvalue weighted by Crippen LogP contribution is -2.30. The number of aromatic nitrogens is 4. The van der Waals surface area contributed by atoms with Crippen LogP contribution in [0.1, 0.15) is 36.6 Å². The molecule has 1 saturated carbocycles. The maximum atomic E-state index is 9.16. The molecule has 0 bridgehead atoms. The molecule has 0 N–H and O–H groups in total. The minimum atomic E-state index is -0.523. The number of hydrogen-bond donors (Lipinski definition) is 0. The standard InChI is InChI=1S/C22H22ClN5O2/c1-13-5-18(25-19(6-13)22(29-2)3-4-30-12-22)17-11-28(15-7-14(8-15)10-24)21-16(17)9-20(23)26-27-21/h5-6,9,11,14-15H,3-4,7-8,12H2,1-2H3/t14?,15?,22-/m0/s1. The minimum Gasteiger partial charge on any atom is -0.378 e. The molecular formula is C22H22ClN5O2. The molecule has 30 heavy (non-hydrogen) atoms. The lowest BCUT2D eigenvalue weighted by Gasteiger charge is -2.32. The first-order chi connectivity index (χ1) is 14.5. The van der Waals surface area contributed by atoms with Gasteiger partial charge in [0, 0.05) is 43.3 Å². The predicted molar refractivity (Wildman–Crippen MR) is 112 cm³/mol. The Balaban J connectivity index is 1.65. The van der Waals surface area contributed by atoms with Crippen molar-refractivity contribution in [3.05, 3.63) is 40.8 Å². The smallest absolute Gasteiger partial charge is 0.163 e. The summed E-state index contributed by atoms with van der Waals surface area (Å²) in [7, 11) is 1.71. The van der Waals surface area contributed by atoms with Gasteiger partial charge in [0.2, 0.25) is 0 Å². The van der Waals surface area contributed by atoms with E-state index < -0.39 is 5.60 Å². The number of rotatable bonds is 4. The number of ether oxygens (including phenoxy) is 2. The van der Waals surface area contributed by atoms with Crippen LogP contribution >= 0.6 is 11.6 Å². The summed E-state index contributed by atoms with van der Waals surface area (Å²) >= 11 is 6.19. The van der Waals surface area contributed by atoms with Gasteiger partial charge in [0.05, 0.1) is 30.0 Å². The number of methoxy groups -OCH3 is 1. The summed E-state index contributed by atoms with van der Waals surface area (Å²) in [6.07, 6.45) is 4.49. The van der Waals surface area contributed by atoms with Crippen molar-refractivity contribution < 1.29 is 9.47 Å². The SMILES string of the molecule is CO[C@@]1(c2cc(C)cc(-c3cn(C4CC(C#N)C4)c4nnc(Cl)cc34)n2)CCOC1. The summed E-state index contributed by atoms with van der Waals surface area (Å²) in [5.74, 6) is 0.101. The highest BCUT2D eigenvalue weighted by Crippen LogP contribution is 2.42. The van der Waals surface area contributed by atoms with Crippen molar-refractivity contribution in [3.8, 4) is 17.3 Å². The number of pyridine rings is 1. The third-order valence-corrected chi connectivity index (χ3v) is 6.51. The summed E-state index contributed by atoms with van der Waals surface area (Å²) in [5, 5.41) is 18.8. The highest BCUT2D eigenvalue weighted by atomic mass is 35.5. The fourth-order valence-electron chi connectivity index (χ4n) is 4.48. The molecule has 5 rings (SSSR count). The van der Waals surface area contributed by atoms with Crippen LogP contribution in [0.2, 0.25) is 5.15 Å². The maximum absolute atomic E-state index is 9.16. The molecule has 0 spiro atoms. The number of nitrogens with zero attached hydrogens (tertiary/aromatic N) is 5. The summed E-state index contributed by atoms with van der Waals surface area (Å²) in [4.78, 5) is 4.99. The molecule has 0 amide bonds. The van der Waals surface area contributed by atoms with Crippen LogP contribution in [0.25, 0.3) is 22.3 Å². The molecule has 7 nitrogen and oxygen atoms in total. The molecule has 1 aliphatic heterocycles. The van der Waals surface area contributed by atoms with Crippen LogP contribution < -0.4 is 0 Å². The van der Waals surface area contributed by atoms with E-state index in [4.69, 9.17) is 31.3 Å². The van der Waals surface area contributed by atoms with Gasteiger partial charge in [-0.05, 0) is 43.5 Å². The largest absolute Gasteiger partial charge is 0.378 e. The van der Waals surface area contributed by atoms with Gasteiger partial charge in [-0.15, -0.1) is 10.2 Å². The lowest BCUT2D eigenvalue weighted by molar-refractivity contribution is -0.0245. The molecule has 2 aliphatic rings. The molecule has 3 aromatic rings. The van der Waals surface area contributed by atoms with Gasteiger partial charge >= 0.3 is 0 Å². The Bertz CT molecular complexity index is 1160. The normalized spacial score (nSPS) is 25.9. The van der Waals surface area contributed by atoms with Gasteiger partial charge in [0.25, 0.3) is 0 Å². The van der Waals surface area contributed by atoms with E-state index in [1.165, 1.54) is 0 Å². The van der Waals surface area contributed by atoms with E-state index in [9.17, 15) is 0 Å². The van der Waals surface area contributed by atoms with Crippen LogP contribution in [-0.4, -0.2) is 40.1 Å². The topological polar surface area (TPSA) is 85.9 Å². The molecule has 3 aromatic heterocycles. The van der Waals surface area contributed by atoms with E-state index >= 15 is 0 Å². The van der Waals surface area contributed by atoms with Crippen LogP contribution in [-0.2, 0) is 15.1 Å². The van der Waals surface area contributed by atoms with E-state index in [0.717, 1.165) is 52.8 Å². The van der Waals surface area contributed by atoms with E-state index in [1.54, 1.807) is 7.11 Å². The third kappa shape index (κ3) is 3.07. The fraction of sp³-hybridized carbons (Fsp3) is 0.455. The molecule has 1 atom stereocenters. The molecule has 0 radical (unpaired) electrons. The lowest BCUT2D eigenvalue weighted by atomic mass is 9.81. The molecule has 0 aromatic carbocycles. The van der Waals surface area contributed by atoms with Crippen molar-refractivity contribution in [1.82, 2.24) is 19.7 Å². The van der Waals surface area contributed by atoms with Crippen molar-refractivity contribution in [2.45, 2.75) is 37.8 Å². The zero-order valence-corrected chi connectivity index (χ0v) is 17.7. The Morgan fingerprint density at radius 3 is 2.83 bits per heavy atom. The molecule has 8 heteroatoms. The van der Waals surface area contributed by atoms with Gasteiger partial charge < -0.3 is 14.0 Å². The average molecular weight is 424 g/mol. The number of hydrogen-bond acceptors (Lipinski definition) is 6. The van der Waals surface area contributed by atoms with Crippen molar-refractivity contribution in [3.63, 3.8) is 0 Å². The molecule has 0 unspecified atom stereocenters. The Morgan fingerprint density at radius 2 is 2.13 bits per heavy atom. The number of nitriles is 1. The van der Waals surface area contributed by atoms with Gasteiger partial charge in [0.15, 0.2) is 10.8 Å². The van der Waals surface area contributed by atoms with Crippen LogP contribution in [0.15, 0.2) is 24.4 Å². The van der Waals surface area contributed by atoms with Crippen molar-refractivity contribution >= 4 is 22.6 Å². The van der Waals surface area contributed by atoms with Crippen molar-refractivity contribution in [2.75, 3.05) is 20.3 Å². The maximum Gasteiger partial charge on any atom is 0.163 e. The van der Waals surface area contributed by atoms with E-state index in [0.29, 0.717) is 18.4 Å².